The molecule has 0 aromatic rings. The van der Waals surface area contributed by atoms with Crippen molar-refractivity contribution < 1.29 is 26.3 Å². The van der Waals surface area contributed by atoms with Gasteiger partial charge in [-0.15, -0.1) is 0 Å². The Balaban J connectivity index is 0. The molecule has 0 rings (SSSR count). The smallest absolute Gasteiger partial charge is 0.243 e. The van der Waals surface area contributed by atoms with Crippen LogP contribution in [0.5, 0.6) is 0 Å². The Kier molecular flexibility index (Phi) is 22.8. The number of hydrogen-bond donors (Lipinski definition) is 1. The zero-order chi connectivity index (χ0) is 20.2. The van der Waals surface area contributed by atoms with E-state index in [1.54, 1.807) is 0 Å². The lowest BCUT2D eigenvalue weighted by Gasteiger charge is -2.30. The quantitative estimate of drug-likeness (QED) is 0.168. The molecule has 168 valence electrons. The lowest BCUT2D eigenvalue weighted by molar-refractivity contribution is -0.890. The molecule has 0 saturated carbocycles. The number of hydrogen-bond acceptors (Lipinski definition) is 1. The van der Waals surface area contributed by atoms with Crippen molar-refractivity contribution in [2.24, 2.45) is 0 Å². The second-order valence-corrected chi connectivity index (χ2v) is 8.83. The van der Waals surface area contributed by atoms with Gasteiger partial charge in [0.1, 0.15) is 0 Å². The normalized spacial score (nSPS) is 11.1. The van der Waals surface area contributed by atoms with Gasteiger partial charge in [0.15, 0.2) is 0 Å². The van der Waals surface area contributed by atoms with E-state index >= 15 is 0 Å². The maximum Gasteiger partial charge on any atom is 0.243 e. The number of unbranched alkanes of at least 4 members (excludes halogenated alkanes) is 13. The van der Waals surface area contributed by atoms with E-state index in [-0.39, 0.29) is 22.9 Å². The minimum absolute atomic E-state index is 0. The van der Waals surface area contributed by atoms with E-state index < -0.39 is 0 Å². The van der Waals surface area contributed by atoms with E-state index in [4.69, 9.17) is 0 Å². The van der Waals surface area contributed by atoms with Crippen LogP contribution in [-0.2, 0) is 4.79 Å². The molecule has 4 heteroatoms. The molecule has 0 aliphatic heterocycles. The molecule has 0 aromatic heterocycles. The van der Waals surface area contributed by atoms with Crippen molar-refractivity contribution in [3.63, 3.8) is 0 Å². The molecule has 0 spiro atoms. The summed E-state index contributed by atoms with van der Waals surface area (Å²) in [4.78, 5) is 11.1. The molecule has 1 N–H and O–H groups in total. The number of carbonyl (C=O) groups is 1. The topological polar surface area (TPSA) is 29.1 Å². The molecule has 0 heterocycles. The molecule has 0 fully saturated rings. The third-order valence-electron chi connectivity index (χ3n) is 5.54. The van der Waals surface area contributed by atoms with E-state index in [1.165, 1.54) is 103 Å². The SMILES string of the molecule is C=CC(=O)NCCC[N+](C)(C)CCCCCCCCCCCCCCCC.[Br-]. The van der Waals surface area contributed by atoms with Gasteiger partial charge < -0.3 is 26.8 Å². The van der Waals surface area contributed by atoms with Gasteiger partial charge in [0.05, 0.1) is 27.2 Å². The summed E-state index contributed by atoms with van der Waals surface area (Å²) in [5, 5.41) is 2.86. The van der Waals surface area contributed by atoms with Crippen molar-refractivity contribution in [1.82, 2.24) is 5.32 Å². The zero-order valence-corrected chi connectivity index (χ0v) is 20.8. The number of nitrogens with one attached hydrogen (secondary N) is 1. The molecule has 0 aromatic carbocycles. The maximum absolute atomic E-state index is 11.1. The lowest BCUT2D eigenvalue weighted by Crippen LogP contribution is -3.00. The van der Waals surface area contributed by atoms with Crippen LogP contribution in [0.1, 0.15) is 103 Å². The van der Waals surface area contributed by atoms with Crippen LogP contribution < -0.4 is 22.3 Å². The minimum atomic E-state index is -0.0627. The highest BCUT2D eigenvalue weighted by atomic mass is 79.9. The molecule has 0 aliphatic carbocycles. The molecule has 1 amide bonds. The van der Waals surface area contributed by atoms with Crippen LogP contribution in [0.25, 0.3) is 0 Å². The Hall–Kier alpha value is -0.350. The van der Waals surface area contributed by atoms with Crippen LogP contribution in [0.15, 0.2) is 12.7 Å². The highest BCUT2D eigenvalue weighted by Crippen LogP contribution is 2.13. The fraction of sp³-hybridized carbons (Fsp3) is 0.875. The third-order valence-corrected chi connectivity index (χ3v) is 5.54. The van der Waals surface area contributed by atoms with Crippen molar-refractivity contribution in [3.05, 3.63) is 12.7 Å². The van der Waals surface area contributed by atoms with Crippen molar-refractivity contribution >= 4 is 5.91 Å². The van der Waals surface area contributed by atoms with E-state index in [9.17, 15) is 4.79 Å². The number of rotatable bonds is 20. The summed E-state index contributed by atoms with van der Waals surface area (Å²) in [6, 6.07) is 0. The molecule has 28 heavy (non-hydrogen) atoms. The van der Waals surface area contributed by atoms with Crippen LogP contribution in [-0.4, -0.2) is 44.1 Å². The van der Waals surface area contributed by atoms with Crippen LogP contribution >= 0.6 is 0 Å². The number of carbonyl (C=O) groups excluding carboxylic acids is 1. The molecule has 3 nitrogen and oxygen atoms in total. The summed E-state index contributed by atoms with van der Waals surface area (Å²) >= 11 is 0. The Morgan fingerprint density at radius 3 is 1.57 bits per heavy atom. The van der Waals surface area contributed by atoms with Crippen molar-refractivity contribution in [2.75, 3.05) is 33.7 Å². The Morgan fingerprint density at radius 2 is 1.14 bits per heavy atom. The predicted molar refractivity (Wildman–Crippen MR) is 120 cm³/mol. The molecular formula is C24H49BrN2O. The van der Waals surface area contributed by atoms with Gasteiger partial charge in [-0.1, -0.05) is 90.6 Å². The van der Waals surface area contributed by atoms with E-state index in [2.05, 4.69) is 32.9 Å². The van der Waals surface area contributed by atoms with Crippen LogP contribution in [0.2, 0.25) is 0 Å². The zero-order valence-electron chi connectivity index (χ0n) is 19.2. The van der Waals surface area contributed by atoms with Gasteiger partial charge in [0, 0.05) is 13.0 Å². The van der Waals surface area contributed by atoms with Crippen molar-refractivity contribution in [3.8, 4) is 0 Å². The number of nitrogens with zero attached hydrogens (tertiary/aromatic N) is 1. The lowest BCUT2D eigenvalue weighted by atomic mass is 10.0. The third kappa shape index (κ3) is 21.9. The van der Waals surface area contributed by atoms with Crippen LogP contribution in [0.3, 0.4) is 0 Å². The second-order valence-electron chi connectivity index (χ2n) is 8.83. The van der Waals surface area contributed by atoms with E-state index in [0.717, 1.165) is 24.0 Å². The van der Waals surface area contributed by atoms with Crippen LogP contribution in [0.4, 0.5) is 0 Å². The number of quaternary nitrogens is 1. The summed E-state index contributed by atoms with van der Waals surface area (Å²) < 4.78 is 1.06. The Labute approximate surface area is 187 Å². The predicted octanol–water partition coefficient (Wildman–Crippen LogP) is 3.24. The van der Waals surface area contributed by atoms with Gasteiger partial charge in [0.2, 0.25) is 5.91 Å². The monoisotopic (exact) mass is 460 g/mol. The highest BCUT2D eigenvalue weighted by molar-refractivity contribution is 5.86. The van der Waals surface area contributed by atoms with Gasteiger partial charge in [0.25, 0.3) is 0 Å². The standard InChI is InChI=1S/C24H48N2O.BrH/c1-5-7-8-9-10-11-12-13-14-15-16-17-18-19-22-26(3,4)23-20-21-25-24(27)6-2;/h6H,2,5,7-23H2,1,3-4H3;1H. The van der Waals surface area contributed by atoms with Crippen LogP contribution in [0, 0.1) is 0 Å². The first-order chi connectivity index (χ1) is 13.0. The summed E-state index contributed by atoms with van der Waals surface area (Å²) in [7, 11) is 4.61. The van der Waals surface area contributed by atoms with Gasteiger partial charge in [-0.3, -0.25) is 4.79 Å². The van der Waals surface area contributed by atoms with Crippen molar-refractivity contribution in [1.29, 1.82) is 0 Å². The molecule has 0 saturated heterocycles. The first kappa shape index (κ1) is 29.8. The fourth-order valence-corrected chi connectivity index (χ4v) is 3.64. The Morgan fingerprint density at radius 1 is 0.750 bits per heavy atom. The largest absolute Gasteiger partial charge is 1.00 e. The minimum Gasteiger partial charge on any atom is -1.00 e. The van der Waals surface area contributed by atoms with Gasteiger partial charge in [-0.25, -0.2) is 0 Å². The van der Waals surface area contributed by atoms with Crippen molar-refractivity contribution in [2.45, 2.75) is 103 Å². The number of halogens is 1. The summed E-state index contributed by atoms with van der Waals surface area (Å²) in [5.74, 6) is -0.0627. The van der Waals surface area contributed by atoms with E-state index in [1.807, 2.05) is 0 Å². The Bertz CT molecular complexity index is 359. The molecule has 0 atom stereocenters. The first-order valence-corrected chi connectivity index (χ1v) is 11.7. The maximum atomic E-state index is 11.1. The van der Waals surface area contributed by atoms with Gasteiger partial charge >= 0.3 is 0 Å². The number of amides is 1. The molecule has 0 radical (unpaired) electrons. The summed E-state index contributed by atoms with van der Waals surface area (Å²) in [5.41, 5.74) is 0. The summed E-state index contributed by atoms with van der Waals surface area (Å²) in [6.45, 7) is 8.88. The summed E-state index contributed by atoms with van der Waals surface area (Å²) in [6.07, 6.45) is 22.2. The molecule has 0 unspecified atom stereocenters. The first-order valence-electron chi connectivity index (χ1n) is 11.7. The average Bonchev–Trinajstić information content (AvgIpc) is 2.65. The van der Waals surface area contributed by atoms with Gasteiger partial charge in [-0.2, -0.15) is 0 Å². The average molecular weight is 462 g/mol. The molecule has 0 aliphatic rings. The van der Waals surface area contributed by atoms with Gasteiger partial charge in [-0.05, 0) is 18.9 Å². The second kappa shape index (κ2) is 21.4. The van der Waals surface area contributed by atoms with E-state index in [0.29, 0.717) is 0 Å². The molecule has 0 bridgehead atoms. The highest BCUT2D eigenvalue weighted by Gasteiger charge is 2.13. The fourth-order valence-electron chi connectivity index (χ4n) is 3.64. The molecular weight excluding hydrogens is 412 g/mol.